The first-order valence-corrected chi connectivity index (χ1v) is 10.2. The smallest absolute Gasteiger partial charge is 0.324 e. The molecule has 2 saturated heterocycles. The summed E-state index contributed by atoms with van der Waals surface area (Å²) in [5.41, 5.74) is 3.63. The lowest BCUT2D eigenvalue weighted by Crippen LogP contribution is -2.40. The number of hydrogen-bond donors (Lipinski definition) is 4. The Labute approximate surface area is 195 Å². The van der Waals surface area contributed by atoms with Crippen LogP contribution in [-0.4, -0.2) is 54.7 Å². The first-order valence-electron chi connectivity index (χ1n) is 10.2. The summed E-state index contributed by atoms with van der Waals surface area (Å²) in [5, 5.41) is 0. The summed E-state index contributed by atoms with van der Waals surface area (Å²) in [6, 6.07) is 9.70. The van der Waals surface area contributed by atoms with Crippen molar-refractivity contribution in [3.8, 4) is 0 Å². The quantitative estimate of drug-likeness (QED) is 0.272. The van der Waals surface area contributed by atoms with E-state index in [0.29, 0.717) is 0 Å². The summed E-state index contributed by atoms with van der Waals surface area (Å²) in [6.07, 6.45) is -9.15. The van der Waals surface area contributed by atoms with Crippen LogP contribution in [0.2, 0.25) is 0 Å². The maximum atomic E-state index is 13.2. The Hall–Kier alpha value is -3.20. The standard InChI is InChI=1S/C21H20F6N6O2/c1-32(16(34)12-3-7-14(8-4-12)18(28-29-18)20(22,23)24)11-33(2)17(35)13-5-9-15(10-6-13)19(30-31-19)21(25,26)27/h3-10,28-31H,11H2,1-2H3. The van der Waals surface area contributed by atoms with Gasteiger partial charge in [0.2, 0.25) is 11.3 Å². The largest absolute Gasteiger partial charge is 0.426 e. The van der Waals surface area contributed by atoms with Gasteiger partial charge in [-0.2, -0.15) is 26.3 Å². The number of benzene rings is 2. The van der Waals surface area contributed by atoms with E-state index in [1.807, 2.05) is 0 Å². The first kappa shape index (κ1) is 24.9. The first-order chi connectivity index (χ1) is 16.2. The molecule has 0 aliphatic carbocycles. The van der Waals surface area contributed by atoms with Crippen LogP contribution in [0.5, 0.6) is 0 Å². The van der Waals surface area contributed by atoms with E-state index < -0.39 is 35.5 Å². The van der Waals surface area contributed by atoms with Gasteiger partial charge in [0, 0.05) is 25.2 Å². The monoisotopic (exact) mass is 502 g/mol. The number of nitrogens with zero attached hydrogens (tertiary/aromatic N) is 2. The number of hydrogen-bond acceptors (Lipinski definition) is 6. The molecular formula is C21H20F6N6O2. The van der Waals surface area contributed by atoms with E-state index in [2.05, 4.69) is 21.7 Å². The van der Waals surface area contributed by atoms with Gasteiger partial charge in [0.25, 0.3) is 11.8 Å². The minimum Gasteiger partial charge on any atom is -0.324 e. The third kappa shape index (κ3) is 4.33. The Morgan fingerprint density at radius 2 is 0.943 bits per heavy atom. The second-order valence-corrected chi connectivity index (χ2v) is 8.30. The minimum atomic E-state index is -4.57. The molecule has 0 radical (unpaired) electrons. The fraction of sp³-hybridized carbons (Fsp3) is 0.333. The molecule has 8 nitrogen and oxygen atoms in total. The second-order valence-electron chi connectivity index (χ2n) is 8.30. The highest BCUT2D eigenvalue weighted by Gasteiger charge is 2.66. The lowest BCUT2D eigenvalue weighted by molar-refractivity contribution is -0.166. The van der Waals surface area contributed by atoms with E-state index >= 15 is 0 Å². The van der Waals surface area contributed by atoms with Crippen molar-refractivity contribution in [2.75, 3.05) is 20.8 Å². The molecule has 0 spiro atoms. The third-order valence-corrected chi connectivity index (χ3v) is 5.85. The lowest BCUT2D eigenvalue weighted by Gasteiger charge is -2.25. The van der Waals surface area contributed by atoms with Crippen molar-refractivity contribution in [1.82, 2.24) is 31.5 Å². The molecule has 188 valence electrons. The Morgan fingerprint density at radius 3 is 1.17 bits per heavy atom. The fourth-order valence-corrected chi connectivity index (χ4v) is 3.64. The van der Waals surface area contributed by atoms with Crippen LogP contribution in [0.1, 0.15) is 31.8 Å². The molecule has 4 rings (SSSR count). The summed E-state index contributed by atoms with van der Waals surface area (Å²) in [6.45, 7) is -0.174. The minimum absolute atomic E-state index is 0.108. The summed E-state index contributed by atoms with van der Waals surface area (Å²) in [4.78, 5) is 27.7. The van der Waals surface area contributed by atoms with Crippen LogP contribution in [0.25, 0.3) is 0 Å². The molecule has 2 amide bonds. The van der Waals surface area contributed by atoms with Crippen molar-refractivity contribution in [2.24, 2.45) is 0 Å². The van der Waals surface area contributed by atoms with Gasteiger partial charge in [-0.3, -0.25) is 9.59 Å². The molecule has 0 aromatic heterocycles. The van der Waals surface area contributed by atoms with Crippen LogP contribution < -0.4 is 21.7 Å². The normalized spacial score (nSPS) is 18.1. The lowest BCUT2D eigenvalue weighted by atomic mass is 10.0. The fourth-order valence-electron chi connectivity index (χ4n) is 3.64. The zero-order chi connectivity index (χ0) is 25.8. The number of rotatable bonds is 6. The molecule has 4 N–H and O–H groups in total. The predicted molar refractivity (Wildman–Crippen MR) is 110 cm³/mol. The Kier molecular flexibility index (Phi) is 5.83. The molecule has 2 aromatic carbocycles. The van der Waals surface area contributed by atoms with Gasteiger partial charge in [-0.05, 0) is 35.4 Å². The van der Waals surface area contributed by atoms with E-state index in [0.717, 1.165) is 0 Å². The molecule has 0 saturated carbocycles. The highest BCUT2D eigenvalue weighted by atomic mass is 19.4. The van der Waals surface area contributed by atoms with Crippen LogP contribution in [0, 0.1) is 0 Å². The Bertz CT molecular complexity index is 1040. The molecule has 2 aliphatic heterocycles. The Morgan fingerprint density at radius 1 is 0.657 bits per heavy atom. The number of carbonyl (C=O) groups is 2. The molecular weight excluding hydrogens is 482 g/mol. The average molecular weight is 502 g/mol. The van der Waals surface area contributed by atoms with E-state index in [9.17, 15) is 35.9 Å². The topological polar surface area (TPSA) is 128 Å². The van der Waals surface area contributed by atoms with Crippen molar-refractivity contribution in [2.45, 2.75) is 23.7 Å². The summed E-state index contributed by atoms with van der Waals surface area (Å²) in [5.74, 6) is -1.08. The van der Waals surface area contributed by atoms with E-state index in [1.165, 1.54) is 72.4 Å². The molecule has 2 fully saturated rings. The van der Waals surface area contributed by atoms with Crippen molar-refractivity contribution >= 4 is 11.8 Å². The highest BCUT2D eigenvalue weighted by molar-refractivity contribution is 5.96. The van der Waals surface area contributed by atoms with Gasteiger partial charge >= 0.3 is 12.4 Å². The molecule has 0 unspecified atom stereocenters. The molecule has 0 atom stereocenters. The summed E-state index contributed by atoms with van der Waals surface area (Å²) >= 11 is 0. The van der Waals surface area contributed by atoms with Gasteiger partial charge in [0.15, 0.2) is 0 Å². The zero-order valence-corrected chi connectivity index (χ0v) is 18.3. The van der Waals surface area contributed by atoms with Crippen molar-refractivity contribution in [3.63, 3.8) is 0 Å². The number of nitrogens with one attached hydrogen (secondary N) is 4. The van der Waals surface area contributed by atoms with E-state index in [1.54, 1.807) is 0 Å². The molecule has 2 aromatic rings. The molecule has 14 heteroatoms. The van der Waals surface area contributed by atoms with E-state index in [-0.39, 0.29) is 28.9 Å². The summed E-state index contributed by atoms with van der Waals surface area (Å²) < 4.78 is 79.0. The number of halogens is 6. The van der Waals surface area contributed by atoms with Gasteiger partial charge < -0.3 is 9.80 Å². The van der Waals surface area contributed by atoms with Crippen molar-refractivity contribution in [1.29, 1.82) is 0 Å². The van der Waals surface area contributed by atoms with Gasteiger partial charge in [-0.1, -0.05) is 24.3 Å². The molecule has 0 bridgehead atoms. The van der Waals surface area contributed by atoms with Crippen molar-refractivity contribution in [3.05, 3.63) is 70.8 Å². The number of carbonyl (C=O) groups excluding carboxylic acids is 2. The number of amides is 2. The van der Waals surface area contributed by atoms with Crippen LogP contribution in [-0.2, 0) is 11.3 Å². The van der Waals surface area contributed by atoms with Gasteiger partial charge in [-0.25, -0.2) is 21.7 Å². The molecule has 35 heavy (non-hydrogen) atoms. The SMILES string of the molecule is CN(CN(C)C(=O)c1ccc(C2(C(F)(F)F)NN2)cc1)C(=O)c1ccc(C2(C(F)(F)F)NN2)cc1. The highest BCUT2D eigenvalue weighted by Crippen LogP contribution is 2.43. The summed E-state index contributed by atoms with van der Waals surface area (Å²) in [7, 11) is 2.81. The van der Waals surface area contributed by atoms with Gasteiger partial charge in [0.1, 0.15) is 0 Å². The maximum Gasteiger partial charge on any atom is 0.426 e. The van der Waals surface area contributed by atoms with Crippen LogP contribution in [0.4, 0.5) is 26.3 Å². The maximum absolute atomic E-state index is 13.2. The molecule has 2 aliphatic rings. The second kappa shape index (κ2) is 8.19. The number of alkyl halides is 6. The zero-order valence-electron chi connectivity index (χ0n) is 18.3. The van der Waals surface area contributed by atoms with Crippen LogP contribution in [0.3, 0.4) is 0 Å². The number of hydrazine groups is 2. The van der Waals surface area contributed by atoms with Crippen LogP contribution in [0.15, 0.2) is 48.5 Å². The Balaban J connectivity index is 1.38. The van der Waals surface area contributed by atoms with Gasteiger partial charge in [-0.15, -0.1) is 0 Å². The van der Waals surface area contributed by atoms with E-state index in [4.69, 9.17) is 0 Å². The van der Waals surface area contributed by atoms with Gasteiger partial charge in [0.05, 0.1) is 6.67 Å². The van der Waals surface area contributed by atoms with Crippen molar-refractivity contribution < 1.29 is 35.9 Å². The predicted octanol–water partition coefficient (Wildman–Crippen LogP) is 2.13. The average Bonchev–Trinajstić information content (AvgIpc) is 3.70. The third-order valence-electron chi connectivity index (χ3n) is 5.85. The molecule has 2 heterocycles. The van der Waals surface area contributed by atoms with Crippen LogP contribution >= 0.6 is 0 Å².